The highest BCUT2D eigenvalue weighted by Gasteiger charge is 2.32. The van der Waals surface area contributed by atoms with Crippen LogP contribution in [0, 0.1) is 23.7 Å². The third-order valence-electron chi connectivity index (χ3n) is 4.57. The van der Waals surface area contributed by atoms with Crippen molar-refractivity contribution in [3.8, 4) is 0 Å². The van der Waals surface area contributed by atoms with Gasteiger partial charge in [-0.1, -0.05) is 20.8 Å². The molecule has 2 aliphatic rings. The van der Waals surface area contributed by atoms with Crippen LogP contribution in [0.2, 0.25) is 0 Å². The highest BCUT2D eigenvalue weighted by Crippen LogP contribution is 2.25. The van der Waals surface area contributed by atoms with Crippen molar-refractivity contribution >= 4 is 5.91 Å². The van der Waals surface area contributed by atoms with E-state index in [0.717, 1.165) is 38.5 Å². The summed E-state index contributed by atoms with van der Waals surface area (Å²) in [5.74, 6) is 2.67. The van der Waals surface area contributed by atoms with E-state index in [-0.39, 0.29) is 5.92 Å². The Bertz CT molecular complexity index is 279. The van der Waals surface area contributed by atoms with Crippen molar-refractivity contribution in [2.45, 2.75) is 33.6 Å². The lowest BCUT2D eigenvalue weighted by molar-refractivity contribution is -0.139. The number of rotatable bonds is 1. The molecule has 2 rings (SSSR count). The van der Waals surface area contributed by atoms with Gasteiger partial charge in [0.1, 0.15) is 0 Å². The summed E-state index contributed by atoms with van der Waals surface area (Å²) >= 11 is 0. The number of nitrogens with zero attached hydrogens (tertiary/aromatic N) is 1. The summed E-state index contributed by atoms with van der Waals surface area (Å²) in [5.41, 5.74) is 0. The van der Waals surface area contributed by atoms with E-state index in [1.807, 2.05) is 0 Å². The maximum absolute atomic E-state index is 12.4. The third-order valence-corrected chi connectivity index (χ3v) is 4.57. The zero-order valence-corrected chi connectivity index (χ0v) is 11.4. The van der Waals surface area contributed by atoms with Crippen molar-refractivity contribution in [3.63, 3.8) is 0 Å². The topological polar surface area (TPSA) is 32.3 Å². The lowest BCUT2D eigenvalue weighted by Crippen LogP contribution is -2.49. The number of hydrogen-bond acceptors (Lipinski definition) is 2. The van der Waals surface area contributed by atoms with Gasteiger partial charge < -0.3 is 10.2 Å². The van der Waals surface area contributed by atoms with Crippen LogP contribution >= 0.6 is 0 Å². The van der Waals surface area contributed by atoms with Crippen LogP contribution in [0.25, 0.3) is 0 Å². The van der Waals surface area contributed by atoms with Crippen LogP contribution in [0.3, 0.4) is 0 Å². The molecular formula is C14H26N2O. The average Bonchev–Trinajstić information content (AvgIpc) is 2.32. The number of amides is 1. The first-order chi connectivity index (χ1) is 8.08. The molecule has 4 unspecified atom stereocenters. The zero-order chi connectivity index (χ0) is 12.4. The second-order valence-corrected chi connectivity index (χ2v) is 6.22. The minimum Gasteiger partial charge on any atom is -0.342 e. The Balaban J connectivity index is 1.91. The fourth-order valence-corrected chi connectivity index (χ4v) is 3.07. The van der Waals surface area contributed by atoms with Gasteiger partial charge in [0.05, 0.1) is 5.92 Å². The van der Waals surface area contributed by atoms with E-state index in [1.54, 1.807) is 0 Å². The van der Waals surface area contributed by atoms with Crippen molar-refractivity contribution in [1.29, 1.82) is 0 Å². The van der Waals surface area contributed by atoms with Crippen LogP contribution in [-0.4, -0.2) is 37.0 Å². The monoisotopic (exact) mass is 238 g/mol. The van der Waals surface area contributed by atoms with E-state index in [2.05, 4.69) is 31.0 Å². The van der Waals surface area contributed by atoms with Crippen molar-refractivity contribution in [1.82, 2.24) is 10.2 Å². The summed E-state index contributed by atoms with van der Waals surface area (Å²) in [4.78, 5) is 14.5. The minimum absolute atomic E-state index is 0.222. The molecule has 0 spiro atoms. The number of carbonyl (C=O) groups is 1. The summed E-state index contributed by atoms with van der Waals surface area (Å²) < 4.78 is 0. The molecule has 17 heavy (non-hydrogen) atoms. The van der Waals surface area contributed by atoms with Gasteiger partial charge in [-0.3, -0.25) is 4.79 Å². The second kappa shape index (κ2) is 5.38. The van der Waals surface area contributed by atoms with E-state index in [9.17, 15) is 4.79 Å². The van der Waals surface area contributed by atoms with Gasteiger partial charge >= 0.3 is 0 Å². The van der Waals surface area contributed by atoms with Crippen molar-refractivity contribution in [2.24, 2.45) is 23.7 Å². The fourth-order valence-electron chi connectivity index (χ4n) is 3.07. The predicted molar refractivity (Wildman–Crippen MR) is 69.7 cm³/mol. The number of likely N-dealkylation sites (tertiary alicyclic amines) is 1. The number of carbonyl (C=O) groups excluding carboxylic acids is 1. The van der Waals surface area contributed by atoms with Gasteiger partial charge in [-0.05, 0) is 37.1 Å². The molecule has 0 saturated carbocycles. The molecule has 0 radical (unpaired) electrons. The highest BCUT2D eigenvalue weighted by molar-refractivity contribution is 5.79. The third kappa shape index (κ3) is 3.01. The lowest BCUT2D eigenvalue weighted by atomic mass is 9.86. The standard InChI is InChI=1S/C14H26N2O/c1-10-6-13(8-15-7-10)14(17)16-5-4-11(2)12(3)9-16/h10-13,15H,4-9H2,1-3H3. The van der Waals surface area contributed by atoms with E-state index >= 15 is 0 Å². The number of hydrogen-bond donors (Lipinski definition) is 1. The van der Waals surface area contributed by atoms with Gasteiger partial charge in [0.15, 0.2) is 0 Å². The maximum atomic E-state index is 12.4. The van der Waals surface area contributed by atoms with E-state index in [4.69, 9.17) is 0 Å². The summed E-state index contributed by atoms with van der Waals surface area (Å²) in [7, 11) is 0. The highest BCUT2D eigenvalue weighted by atomic mass is 16.2. The summed E-state index contributed by atoms with van der Waals surface area (Å²) in [6, 6.07) is 0. The number of nitrogens with one attached hydrogen (secondary N) is 1. The Morgan fingerprint density at radius 1 is 1.18 bits per heavy atom. The van der Waals surface area contributed by atoms with Crippen molar-refractivity contribution in [2.75, 3.05) is 26.2 Å². The normalized spacial score (nSPS) is 39.1. The molecule has 2 aliphatic heterocycles. The van der Waals surface area contributed by atoms with Crippen molar-refractivity contribution < 1.29 is 4.79 Å². The first kappa shape index (κ1) is 12.9. The quantitative estimate of drug-likeness (QED) is 0.754. The predicted octanol–water partition coefficient (Wildman–Crippen LogP) is 1.74. The Hall–Kier alpha value is -0.570. The summed E-state index contributed by atoms with van der Waals surface area (Å²) in [5, 5.41) is 3.38. The van der Waals surface area contributed by atoms with Crippen LogP contribution in [0.15, 0.2) is 0 Å². The van der Waals surface area contributed by atoms with Gasteiger partial charge in [0.25, 0.3) is 0 Å². The molecule has 0 aromatic heterocycles. The molecule has 2 heterocycles. The van der Waals surface area contributed by atoms with Crippen LogP contribution in [0.1, 0.15) is 33.6 Å². The maximum Gasteiger partial charge on any atom is 0.226 e. The largest absolute Gasteiger partial charge is 0.342 e. The zero-order valence-electron chi connectivity index (χ0n) is 11.4. The first-order valence-electron chi connectivity index (χ1n) is 7.07. The average molecular weight is 238 g/mol. The molecule has 2 saturated heterocycles. The molecular weight excluding hydrogens is 212 g/mol. The second-order valence-electron chi connectivity index (χ2n) is 6.22. The van der Waals surface area contributed by atoms with Crippen LogP contribution in [0.4, 0.5) is 0 Å². The SMILES string of the molecule is CC1CNCC(C(=O)N2CCC(C)C(C)C2)C1. The Labute approximate surface area is 105 Å². The molecule has 4 atom stereocenters. The van der Waals surface area contributed by atoms with E-state index in [1.165, 1.54) is 6.42 Å². The molecule has 3 nitrogen and oxygen atoms in total. The summed E-state index contributed by atoms with van der Waals surface area (Å²) in [6.45, 7) is 10.7. The first-order valence-corrected chi connectivity index (χ1v) is 7.07. The van der Waals surface area contributed by atoms with Gasteiger partial charge in [-0.2, -0.15) is 0 Å². The summed E-state index contributed by atoms with van der Waals surface area (Å²) in [6.07, 6.45) is 2.23. The smallest absolute Gasteiger partial charge is 0.226 e. The molecule has 98 valence electrons. The Morgan fingerprint density at radius 3 is 2.59 bits per heavy atom. The van der Waals surface area contributed by atoms with Gasteiger partial charge in [0.2, 0.25) is 5.91 Å². The molecule has 2 fully saturated rings. The van der Waals surface area contributed by atoms with Crippen molar-refractivity contribution in [3.05, 3.63) is 0 Å². The minimum atomic E-state index is 0.222. The van der Waals surface area contributed by atoms with Gasteiger partial charge in [-0.25, -0.2) is 0 Å². The molecule has 0 bridgehead atoms. The van der Waals surface area contributed by atoms with E-state index in [0.29, 0.717) is 17.7 Å². The Morgan fingerprint density at radius 2 is 1.94 bits per heavy atom. The van der Waals surface area contributed by atoms with Crippen LogP contribution in [0.5, 0.6) is 0 Å². The fraction of sp³-hybridized carbons (Fsp3) is 0.929. The molecule has 0 aromatic rings. The molecule has 3 heteroatoms. The number of piperidine rings is 2. The molecule has 0 aromatic carbocycles. The van der Waals surface area contributed by atoms with Gasteiger partial charge in [0, 0.05) is 19.6 Å². The molecule has 0 aliphatic carbocycles. The lowest BCUT2D eigenvalue weighted by Gasteiger charge is -2.38. The molecule has 1 amide bonds. The molecule has 1 N–H and O–H groups in total. The van der Waals surface area contributed by atoms with Gasteiger partial charge in [-0.15, -0.1) is 0 Å². The van der Waals surface area contributed by atoms with E-state index < -0.39 is 0 Å². The Kier molecular flexibility index (Phi) is 4.08. The van der Waals surface area contributed by atoms with Crippen LogP contribution < -0.4 is 5.32 Å². The van der Waals surface area contributed by atoms with Crippen LogP contribution in [-0.2, 0) is 4.79 Å².